The van der Waals surface area contributed by atoms with Crippen molar-refractivity contribution in [3.05, 3.63) is 72.4 Å². The second-order valence-electron chi connectivity index (χ2n) is 6.41. The molecule has 5 heteroatoms. The maximum absolute atomic E-state index is 9.49. The van der Waals surface area contributed by atoms with Gasteiger partial charge in [0.1, 0.15) is 11.3 Å². The maximum Gasteiger partial charge on any atom is 0.156 e. The lowest BCUT2D eigenvalue weighted by Crippen LogP contribution is -2.23. The third-order valence-electron chi connectivity index (χ3n) is 4.22. The van der Waals surface area contributed by atoms with E-state index in [0.29, 0.717) is 13.1 Å². The second kappa shape index (κ2) is 7.15. The first kappa shape index (κ1) is 16.6. The van der Waals surface area contributed by atoms with Gasteiger partial charge in [-0.05, 0) is 31.2 Å². The summed E-state index contributed by atoms with van der Waals surface area (Å²) in [6.07, 6.45) is 1.61. The highest BCUT2D eigenvalue weighted by Crippen LogP contribution is 2.29. The molecule has 0 amide bonds. The van der Waals surface area contributed by atoms with E-state index in [1.54, 1.807) is 6.92 Å². The van der Waals surface area contributed by atoms with E-state index in [9.17, 15) is 5.11 Å². The number of aromatic nitrogens is 2. The van der Waals surface area contributed by atoms with Gasteiger partial charge < -0.3 is 14.8 Å². The number of hydrogen-bond donors (Lipinski definition) is 2. The molecular weight excluding hydrogens is 326 g/mol. The number of benzene rings is 2. The molecule has 2 aromatic carbocycles. The Morgan fingerprint density at radius 3 is 2.65 bits per heavy atom. The predicted octanol–water partition coefficient (Wildman–Crippen LogP) is 3.76. The van der Waals surface area contributed by atoms with E-state index in [0.717, 1.165) is 33.7 Å². The Labute approximate surface area is 151 Å². The Balaban J connectivity index is 1.74. The summed E-state index contributed by atoms with van der Waals surface area (Å²) in [5, 5.41) is 18.6. The lowest BCUT2D eigenvalue weighted by molar-refractivity contribution is 0.191. The van der Waals surface area contributed by atoms with Crippen LogP contribution in [-0.4, -0.2) is 27.5 Å². The molecule has 0 spiro atoms. The van der Waals surface area contributed by atoms with Gasteiger partial charge in [-0.2, -0.15) is 5.10 Å². The first-order chi connectivity index (χ1) is 12.7. The third-order valence-corrected chi connectivity index (χ3v) is 4.22. The molecule has 5 nitrogen and oxygen atoms in total. The van der Waals surface area contributed by atoms with E-state index < -0.39 is 6.10 Å². The van der Waals surface area contributed by atoms with Crippen LogP contribution in [0.2, 0.25) is 0 Å². The van der Waals surface area contributed by atoms with Crippen molar-refractivity contribution in [2.45, 2.75) is 19.6 Å². The molecule has 0 fully saturated rings. The number of fused-ring (bicyclic) bond motifs is 1. The molecule has 0 bridgehead atoms. The van der Waals surface area contributed by atoms with Gasteiger partial charge in [-0.3, -0.25) is 0 Å². The van der Waals surface area contributed by atoms with E-state index >= 15 is 0 Å². The van der Waals surface area contributed by atoms with Gasteiger partial charge in [-0.1, -0.05) is 36.4 Å². The van der Waals surface area contributed by atoms with Crippen LogP contribution in [0.5, 0.6) is 0 Å². The van der Waals surface area contributed by atoms with Crippen LogP contribution >= 0.6 is 0 Å². The fourth-order valence-corrected chi connectivity index (χ4v) is 2.97. The smallest absolute Gasteiger partial charge is 0.156 e. The Bertz CT molecular complexity index is 969. The van der Waals surface area contributed by atoms with Gasteiger partial charge >= 0.3 is 0 Å². The minimum atomic E-state index is -0.395. The average Bonchev–Trinajstić information content (AvgIpc) is 3.26. The lowest BCUT2D eigenvalue weighted by Gasteiger charge is -2.06. The van der Waals surface area contributed by atoms with Gasteiger partial charge in [0.25, 0.3) is 0 Å². The fourth-order valence-electron chi connectivity index (χ4n) is 2.97. The second-order valence-corrected chi connectivity index (χ2v) is 6.41. The molecule has 0 radical (unpaired) electrons. The molecule has 0 aliphatic heterocycles. The van der Waals surface area contributed by atoms with Gasteiger partial charge in [0.05, 0.1) is 11.8 Å². The number of nitrogens with one attached hydrogen (secondary N) is 1. The summed E-state index contributed by atoms with van der Waals surface area (Å²) in [5.41, 5.74) is 3.67. The normalized spacial score (nSPS) is 12.5. The van der Waals surface area contributed by atoms with Gasteiger partial charge in [-0.25, -0.2) is 4.68 Å². The Morgan fingerprint density at radius 2 is 1.88 bits per heavy atom. The van der Waals surface area contributed by atoms with Crippen molar-refractivity contribution in [2.75, 3.05) is 6.54 Å². The summed E-state index contributed by atoms with van der Waals surface area (Å²) < 4.78 is 7.88. The Kier molecular flexibility index (Phi) is 4.56. The van der Waals surface area contributed by atoms with Crippen LogP contribution in [0.1, 0.15) is 12.5 Å². The summed E-state index contributed by atoms with van der Waals surface area (Å²) >= 11 is 0. The van der Waals surface area contributed by atoms with E-state index in [1.165, 1.54) is 0 Å². The molecule has 2 N–H and O–H groups in total. The molecule has 0 aliphatic carbocycles. The van der Waals surface area contributed by atoms with Crippen molar-refractivity contribution in [3.8, 4) is 17.1 Å². The standard InChI is InChI=1S/C21H21N3O2/c1-15(25)12-22-13-17-14-24(18-8-3-2-4-9-18)23-21(17)20-11-16-7-5-6-10-19(16)26-20/h2-11,14-15,22,25H,12-13H2,1H3/t15-/m0/s1. The minimum absolute atomic E-state index is 0.395. The van der Waals surface area contributed by atoms with Crippen LogP contribution in [0.4, 0.5) is 0 Å². The molecule has 26 heavy (non-hydrogen) atoms. The van der Waals surface area contributed by atoms with Gasteiger partial charge in [-0.15, -0.1) is 0 Å². The molecule has 2 heterocycles. The summed E-state index contributed by atoms with van der Waals surface area (Å²) in [6.45, 7) is 2.89. The number of hydrogen-bond acceptors (Lipinski definition) is 4. The van der Waals surface area contributed by atoms with Crippen LogP contribution in [0.3, 0.4) is 0 Å². The summed E-state index contributed by atoms with van der Waals surface area (Å²) in [6, 6.07) is 20.0. The van der Waals surface area contributed by atoms with E-state index in [2.05, 4.69) is 5.32 Å². The third kappa shape index (κ3) is 3.40. The quantitative estimate of drug-likeness (QED) is 0.557. The molecule has 0 aliphatic rings. The molecule has 0 saturated heterocycles. The van der Waals surface area contributed by atoms with Crippen molar-refractivity contribution in [1.82, 2.24) is 15.1 Å². The van der Waals surface area contributed by atoms with Crippen molar-refractivity contribution in [1.29, 1.82) is 0 Å². The Hall–Kier alpha value is -2.89. The number of furan rings is 1. The molecule has 4 aromatic rings. The topological polar surface area (TPSA) is 63.2 Å². The number of aliphatic hydroxyl groups excluding tert-OH is 1. The highest BCUT2D eigenvalue weighted by Gasteiger charge is 2.16. The zero-order valence-electron chi connectivity index (χ0n) is 14.6. The van der Waals surface area contributed by atoms with Gasteiger partial charge in [0.2, 0.25) is 0 Å². The zero-order chi connectivity index (χ0) is 17.9. The van der Waals surface area contributed by atoms with Crippen LogP contribution in [-0.2, 0) is 6.54 Å². The van der Waals surface area contributed by atoms with Crippen molar-refractivity contribution >= 4 is 11.0 Å². The van der Waals surface area contributed by atoms with Crippen molar-refractivity contribution in [2.24, 2.45) is 0 Å². The molecular formula is C21H21N3O2. The number of rotatable bonds is 6. The highest BCUT2D eigenvalue weighted by molar-refractivity contribution is 5.82. The predicted molar refractivity (Wildman–Crippen MR) is 102 cm³/mol. The van der Waals surface area contributed by atoms with Crippen molar-refractivity contribution in [3.63, 3.8) is 0 Å². The van der Waals surface area contributed by atoms with Gasteiger partial charge in [0, 0.05) is 30.2 Å². The largest absolute Gasteiger partial charge is 0.454 e. The van der Waals surface area contributed by atoms with Crippen LogP contribution in [0, 0.1) is 0 Å². The maximum atomic E-state index is 9.49. The Morgan fingerprint density at radius 1 is 1.12 bits per heavy atom. The van der Waals surface area contributed by atoms with Crippen molar-refractivity contribution < 1.29 is 9.52 Å². The molecule has 4 rings (SSSR count). The van der Waals surface area contributed by atoms with Crippen LogP contribution in [0.15, 0.2) is 71.3 Å². The number of aliphatic hydroxyl groups is 1. The number of nitrogens with zero attached hydrogens (tertiary/aromatic N) is 2. The average molecular weight is 347 g/mol. The molecule has 0 unspecified atom stereocenters. The summed E-state index contributed by atoms with van der Waals surface area (Å²) in [7, 11) is 0. The molecule has 132 valence electrons. The zero-order valence-corrected chi connectivity index (χ0v) is 14.6. The monoisotopic (exact) mass is 347 g/mol. The first-order valence-corrected chi connectivity index (χ1v) is 8.72. The highest BCUT2D eigenvalue weighted by atomic mass is 16.3. The molecule has 0 saturated carbocycles. The minimum Gasteiger partial charge on any atom is -0.454 e. The SMILES string of the molecule is C[C@H](O)CNCc1cn(-c2ccccc2)nc1-c1cc2ccccc2o1. The first-order valence-electron chi connectivity index (χ1n) is 8.72. The molecule has 2 aromatic heterocycles. The van der Waals surface area contributed by atoms with E-state index in [1.807, 2.05) is 71.5 Å². The van der Waals surface area contributed by atoms with Crippen LogP contribution in [0.25, 0.3) is 28.1 Å². The summed E-state index contributed by atoms with van der Waals surface area (Å²) in [5.74, 6) is 0.745. The fraction of sp³-hybridized carbons (Fsp3) is 0.190. The summed E-state index contributed by atoms with van der Waals surface area (Å²) in [4.78, 5) is 0. The van der Waals surface area contributed by atoms with Crippen LogP contribution < -0.4 is 5.32 Å². The van der Waals surface area contributed by atoms with Gasteiger partial charge in [0.15, 0.2) is 5.76 Å². The lowest BCUT2D eigenvalue weighted by atomic mass is 10.2. The van der Waals surface area contributed by atoms with E-state index in [-0.39, 0.29) is 0 Å². The molecule has 1 atom stereocenters. The van der Waals surface area contributed by atoms with E-state index in [4.69, 9.17) is 9.52 Å². The number of para-hydroxylation sites is 2.